The van der Waals surface area contributed by atoms with Crippen molar-refractivity contribution in [2.75, 3.05) is 32.4 Å². The molecule has 35 heavy (non-hydrogen) atoms. The average Bonchev–Trinajstić information content (AvgIpc) is 2.84. The summed E-state index contributed by atoms with van der Waals surface area (Å²) in [6.07, 6.45) is 1.04. The lowest BCUT2D eigenvalue weighted by molar-refractivity contribution is -0.908. The van der Waals surface area contributed by atoms with Crippen molar-refractivity contribution in [1.82, 2.24) is 0 Å². The molecule has 0 spiro atoms. The number of anilines is 1. The van der Waals surface area contributed by atoms with E-state index in [1.165, 1.54) is 5.56 Å². The smallest absolute Gasteiger partial charge is 0.220 e. The van der Waals surface area contributed by atoms with E-state index in [0.717, 1.165) is 75.7 Å². The van der Waals surface area contributed by atoms with Crippen molar-refractivity contribution in [1.29, 1.82) is 0 Å². The lowest BCUT2D eigenvalue weighted by Crippen LogP contribution is -3.00. The maximum Gasteiger partial charge on any atom is 0.220 e. The highest BCUT2D eigenvalue weighted by Gasteiger charge is 2.25. The van der Waals surface area contributed by atoms with E-state index in [2.05, 4.69) is 84.9 Å². The molecule has 7 heteroatoms. The summed E-state index contributed by atoms with van der Waals surface area (Å²) in [5.41, 5.74) is 21.3. The number of nitrogen functional groups attached to an aromatic ring is 1. The van der Waals surface area contributed by atoms with E-state index >= 15 is 0 Å². The van der Waals surface area contributed by atoms with Gasteiger partial charge in [0.2, 0.25) is 11.2 Å². The second-order valence-corrected chi connectivity index (χ2v) is 9.39. The number of halogens is 1. The van der Waals surface area contributed by atoms with Crippen molar-refractivity contribution in [3.63, 3.8) is 0 Å². The van der Waals surface area contributed by atoms with E-state index in [1.807, 2.05) is 18.2 Å². The van der Waals surface area contributed by atoms with Gasteiger partial charge < -0.3 is 22.6 Å². The summed E-state index contributed by atoms with van der Waals surface area (Å²) in [6, 6.07) is 20.8. The van der Waals surface area contributed by atoms with Crippen LogP contribution in [0.5, 0.6) is 0 Å². The summed E-state index contributed by atoms with van der Waals surface area (Å²) in [7, 11) is 2.32. The molecule has 6 nitrogen and oxygen atoms in total. The summed E-state index contributed by atoms with van der Waals surface area (Å²) in [5, 5.41) is 7.31. The zero-order chi connectivity index (χ0) is 24.3. The van der Waals surface area contributed by atoms with Crippen LogP contribution in [0.25, 0.3) is 43.4 Å². The number of pyridine rings is 1. The van der Waals surface area contributed by atoms with Crippen LogP contribution in [0.3, 0.4) is 0 Å². The van der Waals surface area contributed by atoms with Gasteiger partial charge in [0.25, 0.3) is 0 Å². The molecular weight excluding hydrogens is 456 g/mol. The van der Waals surface area contributed by atoms with Gasteiger partial charge in [-0.1, -0.05) is 34.9 Å². The molecule has 0 atom stereocenters. The molecule has 0 bridgehead atoms. The maximum absolute atomic E-state index is 9.04. The molecule has 1 aromatic heterocycles. The number of fused-ring (bicyclic) bond motifs is 3. The lowest BCUT2D eigenvalue weighted by atomic mass is 9.97. The summed E-state index contributed by atoms with van der Waals surface area (Å²) < 4.78 is 3.44. The number of aromatic nitrogens is 1. The Balaban J connectivity index is 0.00000342. The second kappa shape index (κ2) is 11.0. The van der Waals surface area contributed by atoms with Gasteiger partial charge in [-0.15, -0.1) is 0 Å². The van der Waals surface area contributed by atoms with E-state index in [9.17, 15) is 0 Å². The monoisotopic (exact) mass is 489 g/mol. The molecule has 4 rings (SSSR count). The van der Waals surface area contributed by atoms with Gasteiger partial charge in [-0.05, 0) is 56.6 Å². The first-order valence-corrected chi connectivity index (χ1v) is 12.0. The maximum atomic E-state index is 9.04. The zero-order valence-electron chi connectivity index (χ0n) is 21.0. The standard InChI is InChI=1S/C28H34N6.ClH/c1-5-34(4,6-2)17-7-16-33-27-19-23(31-32-30)13-15-25(27)24-14-12-22(29)18-26(24)28(33)21-10-8-20(3)9-11-21;/h8-15,18-19H,5-7,16-17,29H2,1-4H3;1H/q+2;/p-1. The molecule has 0 saturated heterocycles. The van der Waals surface area contributed by atoms with Crippen LogP contribution in [0.4, 0.5) is 11.4 Å². The Kier molecular flexibility index (Phi) is 8.23. The molecule has 182 valence electrons. The first-order chi connectivity index (χ1) is 16.4. The van der Waals surface area contributed by atoms with Gasteiger partial charge in [0.15, 0.2) is 6.54 Å². The normalized spacial score (nSPS) is 11.3. The largest absolute Gasteiger partial charge is 1.00 e. The van der Waals surface area contributed by atoms with Crippen molar-refractivity contribution in [2.45, 2.75) is 33.7 Å². The van der Waals surface area contributed by atoms with Gasteiger partial charge in [0.1, 0.15) is 0 Å². The van der Waals surface area contributed by atoms with E-state index in [0.29, 0.717) is 5.69 Å². The first-order valence-electron chi connectivity index (χ1n) is 12.0. The Labute approximate surface area is 213 Å². The molecule has 0 saturated carbocycles. The predicted molar refractivity (Wildman–Crippen MR) is 142 cm³/mol. The zero-order valence-corrected chi connectivity index (χ0v) is 21.8. The highest BCUT2D eigenvalue weighted by atomic mass is 35.5. The van der Waals surface area contributed by atoms with Gasteiger partial charge in [0, 0.05) is 33.3 Å². The first kappa shape index (κ1) is 26.3. The fourth-order valence-electron chi connectivity index (χ4n) is 4.75. The second-order valence-electron chi connectivity index (χ2n) is 9.39. The molecule has 0 aliphatic rings. The summed E-state index contributed by atoms with van der Waals surface area (Å²) >= 11 is 0. The minimum Gasteiger partial charge on any atom is -1.00 e. The van der Waals surface area contributed by atoms with Crippen LogP contribution in [0.2, 0.25) is 0 Å². The molecule has 0 radical (unpaired) electrons. The summed E-state index contributed by atoms with van der Waals surface area (Å²) in [6.45, 7) is 10.8. The van der Waals surface area contributed by atoms with Gasteiger partial charge >= 0.3 is 0 Å². The Morgan fingerprint density at radius 3 is 2.29 bits per heavy atom. The van der Waals surface area contributed by atoms with Crippen LogP contribution >= 0.6 is 0 Å². The minimum atomic E-state index is 0. The minimum absolute atomic E-state index is 0. The number of hydrogen-bond acceptors (Lipinski definition) is 2. The number of hydrogen-bond donors (Lipinski definition) is 1. The van der Waals surface area contributed by atoms with Crippen LogP contribution < -0.4 is 22.7 Å². The third-order valence-electron chi connectivity index (χ3n) is 7.22. The third-order valence-corrected chi connectivity index (χ3v) is 7.22. The van der Waals surface area contributed by atoms with E-state index < -0.39 is 0 Å². The molecule has 1 heterocycles. The highest BCUT2D eigenvalue weighted by Crippen LogP contribution is 2.34. The molecule has 0 fully saturated rings. The van der Waals surface area contributed by atoms with Crippen LogP contribution in [0, 0.1) is 6.92 Å². The van der Waals surface area contributed by atoms with Crippen molar-refractivity contribution >= 4 is 33.1 Å². The molecule has 0 amide bonds. The van der Waals surface area contributed by atoms with Crippen molar-refractivity contribution in [3.8, 4) is 11.3 Å². The third kappa shape index (κ3) is 5.35. The highest BCUT2D eigenvalue weighted by molar-refractivity contribution is 6.10. The number of azide groups is 1. The van der Waals surface area contributed by atoms with Gasteiger partial charge in [-0.2, -0.15) is 4.57 Å². The predicted octanol–water partition coefficient (Wildman–Crippen LogP) is 3.66. The van der Waals surface area contributed by atoms with Gasteiger partial charge in [-0.25, -0.2) is 0 Å². The quantitative estimate of drug-likeness (QED) is 0.0766. The summed E-state index contributed by atoms with van der Waals surface area (Å²) in [4.78, 5) is 3.02. The van der Waals surface area contributed by atoms with E-state index in [-0.39, 0.29) is 12.4 Å². The topological polar surface area (TPSA) is 78.7 Å². The summed E-state index contributed by atoms with van der Waals surface area (Å²) in [5.74, 6) is 0. The van der Waals surface area contributed by atoms with Crippen molar-refractivity contribution < 1.29 is 21.5 Å². The van der Waals surface area contributed by atoms with Crippen LogP contribution in [-0.4, -0.2) is 31.2 Å². The Morgan fingerprint density at radius 2 is 1.63 bits per heavy atom. The Morgan fingerprint density at radius 1 is 0.943 bits per heavy atom. The van der Waals surface area contributed by atoms with Crippen LogP contribution in [0.15, 0.2) is 65.8 Å². The van der Waals surface area contributed by atoms with Crippen molar-refractivity contribution in [2.24, 2.45) is 5.11 Å². The number of nitrogens with two attached hydrogens (primary N) is 1. The van der Waals surface area contributed by atoms with Crippen LogP contribution in [-0.2, 0) is 6.54 Å². The van der Waals surface area contributed by atoms with Gasteiger partial charge in [0.05, 0.1) is 43.9 Å². The average molecular weight is 490 g/mol. The molecule has 0 aliphatic heterocycles. The number of benzene rings is 3. The number of rotatable bonds is 8. The van der Waals surface area contributed by atoms with Crippen molar-refractivity contribution in [3.05, 3.63) is 76.7 Å². The molecule has 0 unspecified atom stereocenters. The lowest BCUT2D eigenvalue weighted by Gasteiger charge is -2.31. The number of quaternary nitrogens is 1. The van der Waals surface area contributed by atoms with Crippen LogP contribution in [0.1, 0.15) is 25.8 Å². The molecule has 2 N–H and O–H groups in total. The molecular formula is C28H34ClN6+. The molecule has 0 aliphatic carbocycles. The van der Waals surface area contributed by atoms with Gasteiger partial charge in [-0.3, -0.25) is 0 Å². The van der Waals surface area contributed by atoms with E-state index in [4.69, 9.17) is 11.3 Å². The SMILES string of the molecule is CC[N+](C)(CC)CCC[n+]1c(-c2ccc(C)cc2)c2cc(N)ccc2c2ccc(N=[N+]=[N-])cc21.[Cl-]. The fourth-order valence-corrected chi connectivity index (χ4v) is 4.75. The molecule has 4 aromatic rings. The fraction of sp³-hybridized carbons (Fsp3) is 0.321. The van der Waals surface area contributed by atoms with E-state index in [1.54, 1.807) is 0 Å². The number of nitrogens with zero attached hydrogens (tertiary/aromatic N) is 5. The number of aryl methyl sites for hydroxylation is 2. The Hall–Kier alpha value is -3.31. The molecule has 3 aromatic carbocycles. The Bertz CT molecular complexity index is 1390.